The van der Waals surface area contributed by atoms with E-state index in [4.69, 9.17) is 4.74 Å². The van der Waals surface area contributed by atoms with Crippen molar-refractivity contribution in [2.24, 2.45) is 0 Å². The molecule has 0 saturated carbocycles. The number of rotatable bonds is 4. The highest BCUT2D eigenvalue weighted by Gasteiger charge is 2.34. The molecule has 2 fully saturated rings. The topological polar surface area (TPSA) is 49.9 Å². The molecular formula is C16H22N2O3S. The molecule has 1 aromatic heterocycles. The normalized spacial score (nSPS) is 23.0. The second-order valence-electron chi connectivity index (χ2n) is 5.94. The maximum Gasteiger partial charge on any atom is 0.240 e. The van der Waals surface area contributed by atoms with Gasteiger partial charge in [-0.05, 0) is 43.3 Å². The zero-order valence-electron chi connectivity index (χ0n) is 12.9. The molecule has 3 rings (SSSR count). The van der Waals surface area contributed by atoms with E-state index in [1.165, 1.54) is 11.3 Å². The third-order valence-corrected chi connectivity index (χ3v) is 5.44. The van der Waals surface area contributed by atoms with Gasteiger partial charge in [-0.1, -0.05) is 0 Å². The van der Waals surface area contributed by atoms with Gasteiger partial charge in [-0.15, -0.1) is 11.3 Å². The summed E-state index contributed by atoms with van der Waals surface area (Å²) in [6.45, 7) is 5.99. The number of hydrogen-bond donors (Lipinski definition) is 0. The summed E-state index contributed by atoms with van der Waals surface area (Å²) in [7, 11) is 0. The van der Waals surface area contributed by atoms with Crippen molar-refractivity contribution in [1.82, 2.24) is 9.80 Å². The molecule has 0 bridgehead atoms. The Hall–Kier alpha value is -1.24. The van der Waals surface area contributed by atoms with Crippen LogP contribution >= 0.6 is 11.3 Å². The van der Waals surface area contributed by atoms with E-state index in [1.807, 2.05) is 16.3 Å². The Labute approximate surface area is 134 Å². The SMILES string of the molecule is CC(=O)c1cc(CN2CCCC2C(=O)N2CCOCC2)cs1. The van der Waals surface area contributed by atoms with Crippen LogP contribution in [0.3, 0.4) is 0 Å². The summed E-state index contributed by atoms with van der Waals surface area (Å²) in [6.07, 6.45) is 1.99. The highest BCUT2D eigenvalue weighted by Crippen LogP contribution is 2.24. The molecule has 6 heteroatoms. The van der Waals surface area contributed by atoms with Crippen molar-refractivity contribution >= 4 is 23.0 Å². The number of thiophene rings is 1. The molecule has 3 heterocycles. The smallest absolute Gasteiger partial charge is 0.240 e. The minimum atomic E-state index is -0.0150. The number of nitrogens with zero attached hydrogens (tertiary/aromatic N) is 2. The first-order chi connectivity index (χ1) is 10.6. The van der Waals surface area contributed by atoms with Crippen LogP contribution in [0.2, 0.25) is 0 Å². The average molecular weight is 322 g/mol. The molecule has 1 aromatic rings. The highest BCUT2D eigenvalue weighted by atomic mass is 32.1. The number of morpholine rings is 1. The van der Waals surface area contributed by atoms with Gasteiger partial charge in [0, 0.05) is 19.6 Å². The third-order valence-electron chi connectivity index (χ3n) is 4.36. The van der Waals surface area contributed by atoms with Gasteiger partial charge in [0.2, 0.25) is 5.91 Å². The lowest BCUT2D eigenvalue weighted by Crippen LogP contribution is -2.49. The second-order valence-corrected chi connectivity index (χ2v) is 6.85. The highest BCUT2D eigenvalue weighted by molar-refractivity contribution is 7.12. The van der Waals surface area contributed by atoms with Gasteiger partial charge in [0.1, 0.15) is 0 Å². The molecule has 0 aromatic carbocycles. The molecular weight excluding hydrogens is 300 g/mol. The number of carbonyl (C=O) groups is 2. The molecule has 5 nitrogen and oxygen atoms in total. The van der Waals surface area contributed by atoms with E-state index >= 15 is 0 Å². The molecule has 0 radical (unpaired) electrons. The Morgan fingerprint density at radius 2 is 2.09 bits per heavy atom. The number of amides is 1. The lowest BCUT2D eigenvalue weighted by molar-refractivity contribution is -0.140. The van der Waals surface area contributed by atoms with Gasteiger partial charge < -0.3 is 9.64 Å². The van der Waals surface area contributed by atoms with Crippen LogP contribution in [0.5, 0.6) is 0 Å². The van der Waals surface area contributed by atoms with E-state index in [9.17, 15) is 9.59 Å². The van der Waals surface area contributed by atoms with Crippen molar-refractivity contribution in [3.05, 3.63) is 21.9 Å². The van der Waals surface area contributed by atoms with Gasteiger partial charge in [-0.3, -0.25) is 14.5 Å². The van der Waals surface area contributed by atoms with Crippen LogP contribution in [0, 0.1) is 0 Å². The first kappa shape index (κ1) is 15.6. The molecule has 1 unspecified atom stereocenters. The first-order valence-electron chi connectivity index (χ1n) is 7.84. The largest absolute Gasteiger partial charge is 0.378 e. The zero-order valence-corrected chi connectivity index (χ0v) is 13.7. The molecule has 2 saturated heterocycles. The molecule has 120 valence electrons. The quantitative estimate of drug-likeness (QED) is 0.793. The van der Waals surface area contributed by atoms with Crippen LogP contribution in [0.1, 0.15) is 35.0 Å². The predicted octanol–water partition coefficient (Wildman–Crippen LogP) is 1.77. The molecule has 0 N–H and O–H groups in total. The van der Waals surface area contributed by atoms with E-state index in [1.54, 1.807) is 6.92 Å². The van der Waals surface area contributed by atoms with E-state index < -0.39 is 0 Å². The monoisotopic (exact) mass is 322 g/mol. The van der Waals surface area contributed by atoms with Gasteiger partial charge >= 0.3 is 0 Å². The Morgan fingerprint density at radius 1 is 1.32 bits per heavy atom. The molecule has 1 amide bonds. The fraction of sp³-hybridized carbons (Fsp3) is 0.625. The number of ketones is 1. The molecule has 2 aliphatic heterocycles. The van der Waals surface area contributed by atoms with E-state index in [-0.39, 0.29) is 17.7 Å². The standard InChI is InChI=1S/C16H22N2O3S/c1-12(19)15-9-13(11-22-15)10-18-4-2-3-14(18)16(20)17-5-7-21-8-6-17/h9,11,14H,2-8,10H2,1H3. The van der Waals surface area contributed by atoms with Crippen LogP contribution in [-0.4, -0.2) is 60.4 Å². The molecule has 0 spiro atoms. The predicted molar refractivity (Wildman–Crippen MR) is 85.2 cm³/mol. The van der Waals surface area contributed by atoms with Crippen LogP contribution in [0.25, 0.3) is 0 Å². The van der Waals surface area contributed by atoms with Crippen LogP contribution in [0.4, 0.5) is 0 Å². The molecule has 1 atom stereocenters. The van der Waals surface area contributed by atoms with E-state index in [2.05, 4.69) is 4.90 Å². The zero-order chi connectivity index (χ0) is 15.5. The third kappa shape index (κ3) is 3.39. The molecule has 0 aliphatic carbocycles. The average Bonchev–Trinajstić information content (AvgIpc) is 3.17. The van der Waals surface area contributed by atoms with Crippen molar-refractivity contribution < 1.29 is 14.3 Å². The van der Waals surface area contributed by atoms with Crippen molar-refractivity contribution in [3.63, 3.8) is 0 Å². The Balaban J connectivity index is 1.64. The van der Waals surface area contributed by atoms with E-state index in [0.717, 1.165) is 36.4 Å². The fourth-order valence-corrected chi connectivity index (χ4v) is 3.97. The Morgan fingerprint density at radius 3 is 2.77 bits per heavy atom. The van der Waals surface area contributed by atoms with Crippen LogP contribution < -0.4 is 0 Å². The first-order valence-corrected chi connectivity index (χ1v) is 8.72. The fourth-order valence-electron chi connectivity index (χ4n) is 3.17. The maximum absolute atomic E-state index is 12.7. The number of carbonyl (C=O) groups excluding carboxylic acids is 2. The summed E-state index contributed by atoms with van der Waals surface area (Å²) in [4.78, 5) is 29.1. The summed E-state index contributed by atoms with van der Waals surface area (Å²) < 4.78 is 5.32. The van der Waals surface area contributed by atoms with Gasteiger partial charge in [-0.2, -0.15) is 0 Å². The Bertz CT molecular complexity index is 551. The minimum absolute atomic E-state index is 0.0150. The number of likely N-dealkylation sites (tertiary alicyclic amines) is 1. The van der Waals surface area contributed by atoms with Crippen LogP contribution in [0.15, 0.2) is 11.4 Å². The number of Topliss-reactive ketones (excluding diaryl/α,β-unsaturated/α-hetero) is 1. The summed E-state index contributed by atoms with van der Waals surface area (Å²) in [5, 5.41) is 2.03. The van der Waals surface area contributed by atoms with Gasteiger partial charge in [0.25, 0.3) is 0 Å². The van der Waals surface area contributed by atoms with Crippen LogP contribution in [-0.2, 0) is 16.1 Å². The molecule has 22 heavy (non-hydrogen) atoms. The lowest BCUT2D eigenvalue weighted by atomic mass is 10.1. The van der Waals surface area contributed by atoms with Gasteiger partial charge in [0.05, 0.1) is 24.1 Å². The van der Waals surface area contributed by atoms with Gasteiger partial charge in [-0.25, -0.2) is 0 Å². The summed E-state index contributed by atoms with van der Waals surface area (Å²) >= 11 is 1.49. The summed E-state index contributed by atoms with van der Waals surface area (Å²) in [6, 6.07) is 1.94. The number of hydrogen-bond acceptors (Lipinski definition) is 5. The second kappa shape index (κ2) is 6.89. The summed E-state index contributed by atoms with van der Waals surface area (Å²) in [5.41, 5.74) is 1.14. The van der Waals surface area contributed by atoms with Crippen molar-refractivity contribution in [3.8, 4) is 0 Å². The van der Waals surface area contributed by atoms with Crippen molar-refractivity contribution in [2.75, 3.05) is 32.8 Å². The number of ether oxygens (including phenoxy) is 1. The van der Waals surface area contributed by atoms with Crippen molar-refractivity contribution in [1.29, 1.82) is 0 Å². The van der Waals surface area contributed by atoms with Crippen molar-refractivity contribution in [2.45, 2.75) is 32.4 Å². The molecule has 2 aliphatic rings. The van der Waals surface area contributed by atoms with Gasteiger partial charge in [0.15, 0.2) is 5.78 Å². The minimum Gasteiger partial charge on any atom is -0.378 e. The maximum atomic E-state index is 12.7. The Kier molecular flexibility index (Phi) is 4.90. The summed E-state index contributed by atoms with van der Waals surface area (Å²) in [5.74, 6) is 0.349. The van der Waals surface area contributed by atoms with E-state index in [0.29, 0.717) is 26.3 Å². The lowest BCUT2D eigenvalue weighted by Gasteiger charge is -2.32.